The van der Waals surface area contributed by atoms with Crippen LogP contribution in [0.1, 0.15) is 10.5 Å². The fourth-order valence-electron chi connectivity index (χ4n) is 1.22. The van der Waals surface area contributed by atoms with Crippen molar-refractivity contribution in [2.75, 3.05) is 0 Å². The molecule has 2 aromatic heterocycles. The zero-order valence-corrected chi connectivity index (χ0v) is 7.58. The lowest BCUT2D eigenvalue weighted by atomic mass is 10.4. The summed E-state index contributed by atoms with van der Waals surface area (Å²) in [6.45, 7) is 0. The number of pyridine rings is 1. The molecule has 0 radical (unpaired) electrons. The number of hydrogen-bond donors (Lipinski definition) is 1. The van der Waals surface area contributed by atoms with Gasteiger partial charge in [-0.1, -0.05) is 0 Å². The van der Waals surface area contributed by atoms with E-state index in [1.807, 2.05) is 0 Å². The monoisotopic (exact) mass is 205 g/mol. The van der Waals surface area contributed by atoms with E-state index >= 15 is 0 Å². The molecule has 0 aromatic carbocycles. The van der Waals surface area contributed by atoms with Gasteiger partial charge in [-0.15, -0.1) is 0 Å². The molecule has 2 N–H and O–H groups in total. The molecule has 2 heterocycles. The summed E-state index contributed by atoms with van der Waals surface area (Å²) < 4.78 is 6.24. The van der Waals surface area contributed by atoms with Crippen molar-refractivity contribution in [3.63, 3.8) is 0 Å². The Morgan fingerprint density at radius 2 is 2.27 bits per heavy atom. The largest absolute Gasteiger partial charge is 0.410 e. The third-order valence-corrected chi connectivity index (χ3v) is 1.78. The van der Waals surface area contributed by atoms with Crippen molar-refractivity contribution in [2.24, 2.45) is 5.73 Å². The lowest BCUT2D eigenvalue weighted by Crippen LogP contribution is -2.16. The predicted molar refractivity (Wildman–Crippen MR) is 50.8 cm³/mol. The minimum Gasteiger partial charge on any atom is -0.409 e. The van der Waals surface area contributed by atoms with Crippen molar-refractivity contribution >= 4 is 18.0 Å². The van der Waals surface area contributed by atoms with Gasteiger partial charge in [0.05, 0.1) is 6.20 Å². The van der Waals surface area contributed by atoms with Gasteiger partial charge in [0, 0.05) is 6.20 Å². The van der Waals surface area contributed by atoms with Gasteiger partial charge < -0.3 is 14.9 Å². The maximum Gasteiger partial charge on any atom is 0.410 e. The van der Waals surface area contributed by atoms with Crippen LogP contribution in [0.2, 0.25) is 0 Å². The van der Waals surface area contributed by atoms with Gasteiger partial charge in [-0.3, -0.25) is 4.79 Å². The van der Waals surface area contributed by atoms with Crippen LogP contribution in [0.3, 0.4) is 0 Å². The first kappa shape index (κ1) is 9.20. The summed E-state index contributed by atoms with van der Waals surface area (Å²) in [6, 6.07) is 3.16. The van der Waals surface area contributed by atoms with Crippen molar-refractivity contribution in [1.29, 1.82) is 0 Å². The topological polar surface area (TPSA) is 86.7 Å². The Bertz CT molecular complexity index is 532. The zero-order valence-electron chi connectivity index (χ0n) is 7.58. The van der Waals surface area contributed by atoms with Gasteiger partial charge in [0.25, 0.3) is 0 Å². The van der Waals surface area contributed by atoms with Crippen LogP contribution in [0.5, 0.6) is 5.75 Å². The van der Waals surface area contributed by atoms with E-state index in [9.17, 15) is 9.59 Å². The summed E-state index contributed by atoms with van der Waals surface area (Å²) in [7, 11) is 0. The van der Waals surface area contributed by atoms with Crippen molar-refractivity contribution in [2.45, 2.75) is 0 Å². The molecule has 6 heteroatoms. The molecule has 2 aromatic rings. The molecule has 15 heavy (non-hydrogen) atoms. The molecular weight excluding hydrogens is 198 g/mol. The van der Waals surface area contributed by atoms with Gasteiger partial charge in [-0.05, 0) is 12.1 Å². The SMILES string of the molecule is NC(=O)Oc1ccc2nc(C=O)cn2c1. The average molecular weight is 205 g/mol. The first-order valence-corrected chi connectivity index (χ1v) is 4.10. The highest BCUT2D eigenvalue weighted by Gasteiger charge is 2.03. The van der Waals surface area contributed by atoms with Crippen LogP contribution in [-0.4, -0.2) is 21.8 Å². The number of carbonyl (C=O) groups is 2. The van der Waals surface area contributed by atoms with Crippen LogP contribution in [0.15, 0.2) is 24.5 Å². The molecule has 0 aliphatic rings. The molecule has 0 fully saturated rings. The van der Waals surface area contributed by atoms with Crippen molar-refractivity contribution in [1.82, 2.24) is 9.38 Å². The lowest BCUT2D eigenvalue weighted by Gasteiger charge is -2.00. The third kappa shape index (κ3) is 1.78. The van der Waals surface area contributed by atoms with Crippen molar-refractivity contribution in [3.8, 4) is 5.75 Å². The van der Waals surface area contributed by atoms with Crippen LogP contribution >= 0.6 is 0 Å². The Balaban J connectivity index is 2.45. The molecule has 0 saturated heterocycles. The van der Waals surface area contributed by atoms with E-state index in [1.54, 1.807) is 16.5 Å². The Morgan fingerprint density at radius 3 is 2.93 bits per heavy atom. The van der Waals surface area contributed by atoms with E-state index in [0.717, 1.165) is 0 Å². The molecule has 0 atom stereocenters. The number of amides is 1. The summed E-state index contributed by atoms with van der Waals surface area (Å²) in [6.07, 6.45) is 2.79. The first-order valence-electron chi connectivity index (χ1n) is 4.10. The van der Waals surface area contributed by atoms with Crippen LogP contribution in [0, 0.1) is 0 Å². The Hall–Kier alpha value is -2.37. The highest BCUT2D eigenvalue weighted by atomic mass is 16.5. The van der Waals surface area contributed by atoms with Crippen molar-refractivity contribution in [3.05, 3.63) is 30.2 Å². The summed E-state index contributed by atoms with van der Waals surface area (Å²) in [4.78, 5) is 24.9. The number of imidazole rings is 1. The summed E-state index contributed by atoms with van der Waals surface area (Å²) in [5.41, 5.74) is 5.76. The smallest absolute Gasteiger partial charge is 0.409 e. The second kappa shape index (κ2) is 3.41. The number of aromatic nitrogens is 2. The number of hydrogen-bond acceptors (Lipinski definition) is 4. The molecule has 0 saturated carbocycles. The van der Waals surface area contributed by atoms with E-state index in [1.165, 1.54) is 12.4 Å². The molecule has 0 bridgehead atoms. The van der Waals surface area contributed by atoms with Gasteiger partial charge in [0.1, 0.15) is 17.1 Å². The lowest BCUT2D eigenvalue weighted by molar-refractivity contribution is 0.111. The van der Waals surface area contributed by atoms with E-state index in [-0.39, 0.29) is 0 Å². The van der Waals surface area contributed by atoms with Gasteiger partial charge in [0.2, 0.25) is 0 Å². The number of carbonyl (C=O) groups excluding carboxylic acids is 2. The average Bonchev–Trinajstić information content (AvgIpc) is 2.58. The molecule has 2 rings (SSSR count). The molecule has 0 spiro atoms. The van der Waals surface area contributed by atoms with Crippen LogP contribution in [0.4, 0.5) is 4.79 Å². The van der Waals surface area contributed by atoms with E-state index < -0.39 is 6.09 Å². The Kier molecular flexibility index (Phi) is 2.09. The standard InChI is InChI=1S/C9H7N3O3/c10-9(14)15-7-1-2-8-11-6(5-13)3-12(8)4-7/h1-5H,(H2,10,14). The number of ether oxygens (including phenoxy) is 1. The first-order chi connectivity index (χ1) is 7.19. The quantitative estimate of drug-likeness (QED) is 0.727. The zero-order chi connectivity index (χ0) is 10.8. The van der Waals surface area contributed by atoms with Crippen LogP contribution in [0.25, 0.3) is 5.65 Å². The fraction of sp³-hybridized carbons (Fsp3) is 0. The van der Waals surface area contributed by atoms with E-state index in [4.69, 9.17) is 5.73 Å². The van der Waals surface area contributed by atoms with Gasteiger partial charge in [-0.25, -0.2) is 9.78 Å². The van der Waals surface area contributed by atoms with Gasteiger partial charge in [-0.2, -0.15) is 0 Å². The minimum atomic E-state index is -0.884. The van der Waals surface area contributed by atoms with Crippen LogP contribution < -0.4 is 10.5 Å². The maximum atomic E-state index is 10.5. The number of nitrogens with two attached hydrogens (primary N) is 1. The van der Waals surface area contributed by atoms with Crippen LogP contribution in [-0.2, 0) is 0 Å². The highest BCUT2D eigenvalue weighted by Crippen LogP contribution is 2.13. The molecule has 1 amide bonds. The van der Waals surface area contributed by atoms with Crippen molar-refractivity contribution < 1.29 is 14.3 Å². The maximum absolute atomic E-state index is 10.5. The molecule has 0 aliphatic heterocycles. The molecule has 0 aliphatic carbocycles. The Morgan fingerprint density at radius 1 is 1.47 bits per heavy atom. The highest BCUT2D eigenvalue weighted by molar-refractivity contribution is 5.73. The summed E-state index contributed by atoms with van der Waals surface area (Å²) in [5.74, 6) is 0.296. The summed E-state index contributed by atoms with van der Waals surface area (Å²) >= 11 is 0. The van der Waals surface area contributed by atoms with Gasteiger partial charge >= 0.3 is 6.09 Å². The second-order valence-electron chi connectivity index (χ2n) is 2.83. The normalized spacial score (nSPS) is 10.1. The predicted octanol–water partition coefficient (Wildman–Crippen LogP) is 0.604. The van der Waals surface area contributed by atoms with E-state index in [0.29, 0.717) is 23.4 Å². The number of primary amides is 1. The molecule has 0 unspecified atom stereocenters. The number of aldehydes is 1. The number of rotatable bonds is 2. The Labute approximate surface area is 84.3 Å². The van der Waals surface area contributed by atoms with Gasteiger partial charge in [0.15, 0.2) is 6.29 Å². The summed E-state index contributed by atoms with van der Waals surface area (Å²) in [5, 5.41) is 0. The molecule has 6 nitrogen and oxygen atoms in total. The van der Waals surface area contributed by atoms with E-state index in [2.05, 4.69) is 9.72 Å². The minimum absolute atomic E-state index is 0.296. The number of fused-ring (bicyclic) bond motifs is 1. The second-order valence-corrected chi connectivity index (χ2v) is 2.83. The molecule has 76 valence electrons. The number of nitrogens with zero attached hydrogens (tertiary/aromatic N) is 2. The molecular formula is C9H7N3O3. The fourth-order valence-corrected chi connectivity index (χ4v) is 1.22. The third-order valence-electron chi connectivity index (χ3n) is 1.78.